The highest BCUT2D eigenvalue weighted by Gasteiger charge is 2.28. The molecule has 0 bridgehead atoms. The number of hydrogen-bond donors (Lipinski definition) is 0. The molecule has 0 aromatic heterocycles. The van der Waals surface area contributed by atoms with E-state index in [4.69, 9.17) is 23.7 Å². The molecule has 2 aliphatic heterocycles. The third kappa shape index (κ3) is 6.19. The zero-order valence-corrected chi connectivity index (χ0v) is 16.0. The van der Waals surface area contributed by atoms with E-state index in [-0.39, 0.29) is 11.8 Å². The Morgan fingerprint density at radius 3 is 1.86 bits per heavy atom. The van der Waals surface area contributed by atoms with Crippen LogP contribution in [0.5, 0.6) is 11.5 Å². The number of hydrogen-bond acceptors (Lipinski definition) is 7. The number of rotatable bonds is 3. The van der Waals surface area contributed by atoms with Crippen molar-refractivity contribution in [1.82, 2.24) is 4.90 Å². The summed E-state index contributed by atoms with van der Waals surface area (Å²) < 4.78 is 28.0. The van der Waals surface area contributed by atoms with Crippen molar-refractivity contribution < 1.29 is 33.3 Å². The van der Waals surface area contributed by atoms with E-state index in [9.17, 15) is 9.59 Å². The molecule has 0 aliphatic carbocycles. The highest BCUT2D eigenvalue weighted by molar-refractivity contribution is 6.01. The van der Waals surface area contributed by atoms with E-state index in [1.807, 2.05) is 18.2 Å². The maximum Gasteiger partial charge on any atom is 0.229 e. The van der Waals surface area contributed by atoms with Crippen LogP contribution in [0, 0.1) is 0 Å². The summed E-state index contributed by atoms with van der Waals surface area (Å²) in [6.07, 6.45) is 1.20. The van der Waals surface area contributed by atoms with Crippen molar-refractivity contribution >= 4 is 11.8 Å². The molecule has 2 heterocycles. The molecule has 1 aromatic carbocycles. The molecule has 154 valence electrons. The van der Waals surface area contributed by atoms with Crippen molar-refractivity contribution in [2.45, 2.75) is 19.3 Å². The summed E-state index contributed by atoms with van der Waals surface area (Å²) >= 11 is 0. The fourth-order valence-corrected chi connectivity index (χ4v) is 3.02. The van der Waals surface area contributed by atoms with Crippen molar-refractivity contribution in [3.05, 3.63) is 23.8 Å². The largest absolute Gasteiger partial charge is 0.487 e. The Morgan fingerprint density at radius 1 is 0.714 bits per heavy atom. The Kier molecular flexibility index (Phi) is 8.07. The average molecular weight is 393 g/mol. The van der Waals surface area contributed by atoms with Crippen LogP contribution in [0.3, 0.4) is 0 Å². The predicted molar refractivity (Wildman–Crippen MR) is 99.5 cm³/mol. The van der Waals surface area contributed by atoms with Crippen molar-refractivity contribution in [2.75, 3.05) is 59.4 Å². The van der Waals surface area contributed by atoms with Gasteiger partial charge in [0.05, 0.1) is 39.6 Å². The smallest absolute Gasteiger partial charge is 0.229 e. The fraction of sp³-hybridized carbons (Fsp3) is 0.600. The summed E-state index contributed by atoms with van der Waals surface area (Å²) in [4.78, 5) is 24.8. The second-order valence-corrected chi connectivity index (χ2v) is 6.50. The first-order valence-electron chi connectivity index (χ1n) is 9.69. The summed E-state index contributed by atoms with van der Waals surface area (Å²) in [5.41, 5.74) is 0.971. The first-order valence-corrected chi connectivity index (χ1v) is 9.69. The number of fused-ring (bicyclic) bond motifs is 1. The molecular weight excluding hydrogens is 366 g/mol. The van der Waals surface area contributed by atoms with Crippen LogP contribution >= 0.6 is 0 Å². The Balaban J connectivity index is 1.61. The minimum absolute atomic E-state index is 0.0973. The molecule has 2 amide bonds. The van der Waals surface area contributed by atoms with E-state index in [0.717, 1.165) is 5.56 Å². The third-order valence-corrected chi connectivity index (χ3v) is 4.50. The Labute approximate surface area is 164 Å². The zero-order chi connectivity index (χ0) is 19.6. The highest BCUT2D eigenvalue weighted by atomic mass is 16.6. The molecular formula is C20H27NO7. The first kappa shape index (κ1) is 20.6. The van der Waals surface area contributed by atoms with E-state index in [1.165, 1.54) is 4.90 Å². The predicted octanol–water partition coefficient (Wildman–Crippen LogP) is 1.20. The second-order valence-electron chi connectivity index (χ2n) is 6.50. The van der Waals surface area contributed by atoms with E-state index in [0.29, 0.717) is 90.2 Å². The molecule has 8 heteroatoms. The fourth-order valence-electron chi connectivity index (χ4n) is 3.02. The van der Waals surface area contributed by atoms with Crippen LogP contribution in [0.1, 0.15) is 18.4 Å². The summed E-state index contributed by atoms with van der Waals surface area (Å²) in [5.74, 6) is 1.05. The van der Waals surface area contributed by atoms with Crippen LogP contribution in [0.25, 0.3) is 0 Å². The topological polar surface area (TPSA) is 83.5 Å². The number of likely N-dealkylation sites (tertiary alicyclic amines) is 1. The van der Waals surface area contributed by atoms with Gasteiger partial charge in [-0.2, -0.15) is 0 Å². The summed E-state index contributed by atoms with van der Waals surface area (Å²) in [5, 5.41) is 0. The molecule has 0 radical (unpaired) electrons. The van der Waals surface area contributed by atoms with Crippen LogP contribution in [0.2, 0.25) is 0 Å². The Morgan fingerprint density at radius 2 is 1.25 bits per heavy atom. The lowest BCUT2D eigenvalue weighted by Gasteiger charge is -2.16. The van der Waals surface area contributed by atoms with Gasteiger partial charge in [0, 0.05) is 19.4 Å². The number of nitrogens with zero attached hydrogens (tertiary/aromatic N) is 1. The van der Waals surface area contributed by atoms with Gasteiger partial charge in [0.2, 0.25) is 11.8 Å². The SMILES string of the molecule is O=C1CCC(=O)N1CCc1ccc2c(c1)OCCOCCOCCOCCO2. The molecule has 2 aliphatic rings. The number of carbonyl (C=O) groups is 2. The van der Waals surface area contributed by atoms with E-state index in [2.05, 4.69) is 0 Å². The standard InChI is InChI=1S/C20H27NO7/c22-19-3-4-20(23)21(19)6-5-16-1-2-17-18(15-16)28-14-12-26-10-8-24-7-9-25-11-13-27-17/h1-2,15H,3-14H2. The van der Waals surface area contributed by atoms with Crippen LogP contribution in [-0.4, -0.2) is 76.1 Å². The first-order chi connectivity index (χ1) is 13.7. The van der Waals surface area contributed by atoms with Crippen molar-refractivity contribution in [2.24, 2.45) is 0 Å². The average Bonchev–Trinajstić information content (AvgIpc) is 3.01. The highest BCUT2D eigenvalue weighted by Crippen LogP contribution is 2.29. The van der Waals surface area contributed by atoms with Crippen molar-refractivity contribution in [3.63, 3.8) is 0 Å². The van der Waals surface area contributed by atoms with Gasteiger partial charge in [0.25, 0.3) is 0 Å². The summed E-state index contributed by atoms with van der Waals surface area (Å²) in [6.45, 7) is 4.15. The number of ether oxygens (including phenoxy) is 5. The second kappa shape index (κ2) is 11.0. The molecule has 1 aromatic rings. The van der Waals surface area contributed by atoms with Crippen LogP contribution in [0.4, 0.5) is 0 Å². The van der Waals surface area contributed by atoms with Gasteiger partial charge >= 0.3 is 0 Å². The molecule has 0 atom stereocenters. The lowest BCUT2D eigenvalue weighted by molar-refractivity contribution is -0.138. The summed E-state index contributed by atoms with van der Waals surface area (Å²) in [6, 6.07) is 5.66. The molecule has 28 heavy (non-hydrogen) atoms. The van der Waals surface area contributed by atoms with Crippen LogP contribution in [0.15, 0.2) is 18.2 Å². The van der Waals surface area contributed by atoms with Crippen molar-refractivity contribution in [3.8, 4) is 11.5 Å². The normalized spacial score (nSPS) is 19.9. The molecule has 3 rings (SSSR count). The molecule has 0 unspecified atom stereocenters. The molecule has 0 N–H and O–H groups in total. The van der Waals surface area contributed by atoms with Gasteiger partial charge in [-0.15, -0.1) is 0 Å². The van der Waals surface area contributed by atoms with Gasteiger partial charge in [-0.05, 0) is 24.1 Å². The number of amides is 2. The van der Waals surface area contributed by atoms with Crippen LogP contribution < -0.4 is 9.47 Å². The van der Waals surface area contributed by atoms with E-state index in [1.54, 1.807) is 0 Å². The number of carbonyl (C=O) groups excluding carboxylic acids is 2. The number of imide groups is 1. The number of benzene rings is 1. The van der Waals surface area contributed by atoms with Crippen LogP contribution in [-0.2, 0) is 30.2 Å². The van der Waals surface area contributed by atoms with Gasteiger partial charge in [-0.25, -0.2) is 0 Å². The minimum atomic E-state index is -0.0973. The zero-order valence-electron chi connectivity index (χ0n) is 16.0. The lowest BCUT2D eigenvalue weighted by Crippen LogP contribution is -2.31. The Hall–Kier alpha value is -2.16. The molecule has 1 fully saturated rings. The maximum atomic E-state index is 11.8. The quantitative estimate of drug-likeness (QED) is 0.714. The summed E-state index contributed by atoms with van der Waals surface area (Å²) in [7, 11) is 0. The van der Waals surface area contributed by atoms with Crippen molar-refractivity contribution in [1.29, 1.82) is 0 Å². The van der Waals surface area contributed by atoms with Gasteiger partial charge in [-0.1, -0.05) is 6.07 Å². The van der Waals surface area contributed by atoms with Gasteiger partial charge in [0.1, 0.15) is 13.2 Å². The minimum Gasteiger partial charge on any atom is -0.487 e. The van der Waals surface area contributed by atoms with Gasteiger partial charge in [0.15, 0.2) is 11.5 Å². The monoisotopic (exact) mass is 393 g/mol. The third-order valence-electron chi connectivity index (χ3n) is 4.50. The lowest BCUT2D eigenvalue weighted by atomic mass is 10.1. The van der Waals surface area contributed by atoms with Gasteiger partial charge in [-0.3, -0.25) is 14.5 Å². The molecule has 0 saturated carbocycles. The van der Waals surface area contributed by atoms with E-state index < -0.39 is 0 Å². The van der Waals surface area contributed by atoms with E-state index >= 15 is 0 Å². The molecule has 0 spiro atoms. The molecule has 1 saturated heterocycles. The molecule has 8 nitrogen and oxygen atoms in total. The van der Waals surface area contributed by atoms with Gasteiger partial charge < -0.3 is 23.7 Å². The Bertz CT molecular complexity index is 648. The maximum absolute atomic E-state index is 11.8.